The van der Waals surface area contributed by atoms with E-state index in [2.05, 4.69) is 26.2 Å². The summed E-state index contributed by atoms with van der Waals surface area (Å²) in [5.41, 5.74) is 1.67. The first-order valence-electron chi connectivity index (χ1n) is 9.80. The highest BCUT2D eigenvalue weighted by Gasteiger charge is 2.40. The molecule has 1 fully saturated rings. The molecule has 4 rings (SSSR count). The highest BCUT2D eigenvalue weighted by Crippen LogP contribution is 2.34. The van der Waals surface area contributed by atoms with E-state index < -0.39 is 11.2 Å². The van der Waals surface area contributed by atoms with Gasteiger partial charge in [-0.3, -0.25) is 19.3 Å². The summed E-state index contributed by atoms with van der Waals surface area (Å²) >= 11 is 4.48. The summed E-state index contributed by atoms with van der Waals surface area (Å²) in [6, 6.07) is 24.8. The van der Waals surface area contributed by atoms with Gasteiger partial charge in [-0.05, 0) is 48.5 Å². The second kappa shape index (κ2) is 9.93. The average Bonchev–Trinajstić information content (AvgIpc) is 3.10. The Labute approximate surface area is 197 Å². The number of halogens is 1. The predicted octanol–water partition coefficient (Wildman–Crippen LogP) is 5.12. The number of rotatable bonds is 5. The average molecular weight is 508 g/mol. The Kier molecular flexibility index (Phi) is 6.82. The van der Waals surface area contributed by atoms with Gasteiger partial charge in [0.25, 0.3) is 5.91 Å². The fourth-order valence-electron chi connectivity index (χ4n) is 3.13. The summed E-state index contributed by atoms with van der Waals surface area (Å²) in [6.45, 7) is 0. The van der Waals surface area contributed by atoms with Gasteiger partial charge < -0.3 is 5.32 Å². The van der Waals surface area contributed by atoms with Crippen molar-refractivity contribution in [3.05, 3.63) is 95.0 Å². The number of carbonyl (C=O) groups is 3. The molecule has 1 unspecified atom stereocenters. The predicted molar refractivity (Wildman–Crippen MR) is 131 cm³/mol. The normalized spacial score (nSPS) is 16.9. The van der Waals surface area contributed by atoms with E-state index in [1.54, 1.807) is 60.7 Å². The van der Waals surface area contributed by atoms with Crippen molar-refractivity contribution in [3.63, 3.8) is 0 Å². The summed E-state index contributed by atoms with van der Waals surface area (Å²) < 4.78 is 0.902. The van der Waals surface area contributed by atoms with Gasteiger partial charge in [-0.1, -0.05) is 64.1 Å². The Balaban J connectivity index is 1.56. The van der Waals surface area contributed by atoms with Crippen LogP contribution >= 0.6 is 27.7 Å². The Morgan fingerprint density at radius 3 is 2.22 bits per heavy atom. The van der Waals surface area contributed by atoms with Gasteiger partial charge in [0.05, 0.1) is 5.69 Å². The topological polar surface area (TPSA) is 78.8 Å². The third-order valence-electron chi connectivity index (χ3n) is 4.67. The van der Waals surface area contributed by atoms with Gasteiger partial charge in [0, 0.05) is 22.1 Å². The Morgan fingerprint density at radius 2 is 1.56 bits per heavy atom. The van der Waals surface area contributed by atoms with Crippen LogP contribution in [0.4, 0.5) is 11.4 Å². The number of carbonyl (C=O) groups excluding carboxylic acids is 3. The van der Waals surface area contributed by atoms with E-state index in [-0.39, 0.29) is 23.4 Å². The summed E-state index contributed by atoms with van der Waals surface area (Å²) in [5, 5.41) is 2.38. The van der Waals surface area contributed by atoms with E-state index in [4.69, 9.17) is 0 Å². The van der Waals surface area contributed by atoms with Crippen molar-refractivity contribution in [2.45, 2.75) is 11.7 Å². The lowest BCUT2D eigenvalue weighted by atomic mass is 10.2. The van der Waals surface area contributed by atoms with Crippen molar-refractivity contribution >= 4 is 62.0 Å². The van der Waals surface area contributed by atoms with Crippen LogP contribution in [0.15, 0.2) is 94.4 Å². The summed E-state index contributed by atoms with van der Waals surface area (Å²) in [5.74, 6) is -1.02. The molecule has 3 aromatic carbocycles. The lowest BCUT2D eigenvalue weighted by Gasteiger charge is -2.16. The van der Waals surface area contributed by atoms with Crippen LogP contribution in [0.2, 0.25) is 0 Å². The van der Waals surface area contributed by atoms with Gasteiger partial charge in [0.15, 0.2) is 5.17 Å². The molecule has 160 valence electrons. The summed E-state index contributed by atoms with van der Waals surface area (Å²) in [4.78, 5) is 44.1. The molecule has 1 atom stereocenters. The number of hydrogen-bond donors (Lipinski definition) is 1. The lowest BCUT2D eigenvalue weighted by molar-refractivity contribution is -0.121. The zero-order valence-electron chi connectivity index (χ0n) is 16.8. The maximum absolute atomic E-state index is 13.2. The van der Waals surface area contributed by atoms with E-state index in [0.717, 1.165) is 16.2 Å². The molecular formula is C24H18BrN3O3S. The largest absolute Gasteiger partial charge is 0.326 e. The maximum atomic E-state index is 13.2. The fraction of sp³-hybridized carbons (Fsp3) is 0.0833. The lowest BCUT2D eigenvalue weighted by Crippen LogP contribution is -2.33. The number of amidine groups is 1. The Bertz CT molecular complexity index is 1170. The standard InChI is InChI=1S/C24H18BrN3O3S/c25-17-11-13-18(14-12-17)26-21(29)15-20-23(31)28(19-9-5-2-6-10-19)24(32-20)27-22(30)16-7-3-1-4-8-16/h1-14,20H,15H2,(H,26,29). The monoisotopic (exact) mass is 507 g/mol. The van der Waals surface area contributed by atoms with Crippen LogP contribution in [0.5, 0.6) is 0 Å². The van der Waals surface area contributed by atoms with Gasteiger partial charge in [-0.15, -0.1) is 0 Å². The van der Waals surface area contributed by atoms with E-state index >= 15 is 0 Å². The molecule has 0 spiro atoms. The van der Waals surface area contributed by atoms with Gasteiger partial charge in [0.1, 0.15) is 5.25 Å². The number of para-hydroxylation sites is 1. The van der Waals surface area contributed by atoms with Crippen molar-refractivity contribution in [1.29, 1.82) is 0 Å². The molecule has 8 heteroatoms. The van der Waals surface area contributed by atoms with Crippen LogP contribution in [0.3, 0.4) is 0 Å². The van der Waals surface area contributed by atoms with Crippen molar-refractivity contribution in [3.8, 4) is 0 Å². The van der Waals surface area contributed by atoms with E-state index in [1.165, 1.54) is 4.90 Å². The van der Waals surface area contributed by atoms with Crippen molar-refractivity contribution in [2.75, 3.05) is 10.2 Å². The highest BCUT2D eigenvalue weighted by atomic mass is 79.9. The molecule has 32 heavy (non-hydrogen) atoms. The first-order chi connectivity index (χ1) is 15.5. The Hall–Kier alpha value is -3.23. The molecule has 0 radical (unpaired) electrons. The molecule has 0 saturated carbocycles. The fourth-order valence-corrected chi connectivity index (χ4v) is 4.53. The molecule has 1 aliphatic heterocycles. The van der Waals surface area contributed by atoms with Crippen LogP contribution in [-0.4, -0.2) is 28.1 Å². The molecule has 1 heterocycles. The molecule has 3 amide bonds. The molecule has 3 aromatic rings. The summed E-state index contributed by atoms with van der Waals surface area (Å²) in [6.07, 6.45) is -0.0402. The quantitative estimate of drug-likeness (QED) is 0.519. The van der Waals surface area contributed by atoms with Crippen LogP contribution < -0.4 is 10.2 Å². The molecule has 0 bridgehead atoms. The zero-order valence-corrected chi connectivity index (χ0v) is 19.2. The van der Waals surface area contributed by atoms with Gasteiger partial charge in [-0.2, -0.15) is 4.99 Å². The molecular weight excluding hydrogens is 490 g/mol. The third-order valence-corrected chi connectivity index (χ3v) is 6.33. The van der Waals surface area contributed by atoms with Crippen LogP contribution in [0.25, 0.3) is 0 Å². The number of aliphatic imine (C=N–C) groups is 1. The number of anilines is 2. The van der Waals surface area contributed by atoms with Crippen LogP contribution in [0.1, 0.15) is 16.8 Å². The summed E-state index contributed by atoms with van der Waals surface area (Å²) in [7, 11) is 0. The molecule has 0 aromatic heterocycles. The number of hydrogen-bond acceptors (Lipinski definition) is 4. The first kappa shape index (κ1) is 22.0. The minimum Gasteiger partial charge on any atom is -0.326 e. The van der Waals surface area contributed by atoms with Crippen molar-refractivity contribution < 1.29 is 14.4 Å². The third kappa shape index (κ3) is 5.15. The molecule has 0 aliphatic carbocycles. The number of nitrogens with zero attached hydrogens (tertiary/aromatic N) is 2. The van der Waals surface area contributed by atoms with E-state index in [0.29, 0.717) is 16.9 Å². The van der Waals surface area contributed by atoms with Crippen LogP contribution in [-0.2, 0) is 9.59 Å². The molecule has 1 aliphatic rings. The zero-order chi connectivity index (χ0) is 22.5. The second-order valence-electron chi connectivity index (χ2n) is 6.94. The minimum absolute atomic E-state index is 0.0402. The molecule has 1 saturated heterocycles. The number of amides is 3. The van der Waals surface area contributed by atoms with Gasteiger partial charge >= 0.3 is 0 Å². The molecule has 6 nitrogen and oxygen atoms in total. The number of nitrogens with one attached hydrogen (secondary N) is 1. The number of benzene rings is 3. The smallest absolute Gasteiger partial charge is 0.279 e. The Morgan fingerprint density at radius 1 is 0.938 bits per heavy atom. The van der Waals surface area contributed by atoms with E-state index in [9.17, 15) is 14.4 Å². The first-order valence-corrected chi connectivity index (χ1v) is 11.5. The second-order valence-corrected chi connectivity index (χ2v) is 9.03. The SMILES string of the molecule is O=C(CC1SC(=NC(=O)c2ccccc2)N(c2ccccc2)C1=O)Nc1ccc(Br)cc1. The van der Waals surface area contributed by atoms with Crippen molar-refractivity contribution in [1.82, 2.24) is 0 Å². The van der Waals surface area contributed by atoms with Crippen LogP contribution in [0, 0.1) is 0 Å². The minimum atomic E-state index is -0.687. The van der Waals surface area contributed by atoms with Gasteiger partial charge in [0.2, 0.25) is 11.8 Å². The number of thioether (sulfide) groups is 1. The van der Waals surface area contributed by atoms with Crippen molar-refractivity contribution in [2.24, 2.45) is 4.99 Å². The molecule has 1 N–H and O–H groups in total. The van der Waals surface area contributed by atoms with Gasteiger partial charge in [-0.25, -0.2) is 0 Å². The highest BCUT2D eigenvalue weighted by molar-refractivity contribution is 9.10. The maximum Gasteiger partial charge on any atom is 0.279 e. The van der Waals surface area contributed by atoms with E-state index in [1.807, 2.05) is 24.3 Å².